The number of hydrogen-bond donors (Lipinski definition) is 2. The number of amides is 2. The lowest BCUT2D eigenvalue weighted by Gasteiger charge is -2.26. The van der Waals surface area contributed by atoms with E-state index in [1.54, 1.807) is 23.4 Å². The third kappa shape index (κ3) is 2.85. The summed E-state index contributed by atoms with van der Waals surface area (Å²) < 4.78 is 0. The van der Waals surface area contributed by atoms with Gasteiger partial charge in [0.15, 0.2) is 0 Å². The van der Waals surface area contributed by atoms with E-state index >= 15 is 0 Å². The summed E-state index contributed by atoms with van der Waals surface area (Å²) in [6.45, 7) is 2.56. The minimum Gasteiger partial charge on any atom is -0.332 e. The van der Waals surface area contributed by atoms with Crippen molar-refractivity contribution < 1.29 is 9.59 Å². The fourth-order valence-corrected chi connectivity index (χ4v) is 2.42. The Kier molecular flexibility index (Phi) is 3.79. The van der Waals surface area contributed by atoms with E-state index < -0.39 is 11.8 Å². The van der Waals surface area contributed by atoms with Gasteiger partial charge in [0.1, 0.15) is 0 Å². The maximum atomic E-state index is 12.1. The van der Waals surface area contributed by atoms with Gasteiger partial charge in [-0.1, -0.05) is 12.1 Å². The quantitative estimate of drug-likeness (QED) is 0.752. The van der Waals surface area contributed by atoms with Crippen molar-refractivity contribution in [1.29, 1.82) is 0 Å². The summed E-state index contributed by atoms with van der Waals surface area (Å²) in [6, 6.07) is 7.34. The lowest BCUT2D eigenvalue weighted by atomic mass is 10.1. The highest BCUT2D eigenvalue weighted by molar-refractivity contribution is 6.40. The monoisotopic (exact) mass is 284 g/mol. The molecule has 1 aromatic heterocycles. The van der Waals surface area contributed by atoms with Crippen molar-refractivity contribution in [2.75, 3.05) is 31.5 Å². The molecular formula is C15H16N4O2. The standard InChI is InChI=1S/C15H16N4O2/c20-14(15(21)19-8-6-16-7-9-19)18-13-3-1-2-11-10-17-5-4-12(11)13/h1-5,10,16H,6-9H2,(H,18,20). The molecule has 6 nitrogen and oxygen atoms in total. The number of rotatable bonds is 1. The molecule has 2 aromatic rings. The maximum absolute atomic E-state index is 12.1. The summed E-state index contributed by atoms with van der Waals surface area (Å²) in [4.78, 5) is 29.8. The van der Waals surface area contributed by atoms with Gasteiger partial charge in [0, 0.05) is 55.0 Å². The van der Waals surface area contributed by atoms with Gasteiger partial charge >= 0.3 is 11.8 Å². The fourth-order valence-electron chi connectivity index (χ4n) is 2.42. The smallest absolute Gasteiger partial charge is 0.313 e. The SMILES string of the molecule is O=C(Nc1cccc2cnccc12)C(=O)N1CCNCC1. The zero-order valence-corrected chi connectivity index (χ0v) is 11.5. The van der Waals surface area contributed by atoms with Gasteiger partial charge in [0.25, 0.3) is 0 Å². The number of benzene rings is 1. The Bertz CT molecular complexity index is 675. The minimum absolute atomic E-state index is 0.484. The van der Waals surface area contributed by atoms with Crippen LogP contribution in [0, 0.1) is 0 Å². The number of carbonyl (C=O) groups is 2. The molecule has 1 aromatic carbocycles. The molecule has 2 amide bonds. The largest absolute Gasteiger partial charge is 0.332 e. The van der Waals surface area contributed by atoms with Crippen molar-refractivity contribution in [1.82, 2.24) is 15.2 Å². The number of piperazine rings is 1. The summed E-state index contributed by atoms with van der Waals surface area (Å²) in [5.41, 5.74) is 0.628. The molecule has 0 unspecified atom stereocenters. The molecule has 108 valence electrons. The third-order valence-electron chi connectivity index (χ3n) is 3.53. The second kappa shape index (κ2) is 5.88. The number of anilines is 1. The summed E-state index contributed by atoms with van der Waals surface area (Å²) in [7, 11) is 0. The van der Waals surface area contributed by atoms with E-state index in [4.69, 9.17) is 0 Å². The predicted octanol–water partition coefficient (Wildman–Crippen LogP) is 0.605. The second-order valence-corrected chi connectivity index (χ2v) is 4.90. The fraction of sp³-hybridized carbons (Fsp3) is 0.267. The zero-order chi connectivity index (χ0) is 14.7. The van der Waals surface area contributed by atoms with E-state index in [-0.39, 0.29) is 0 Å². The van der Waals surface area contributed by atoms with Crippen molar-refractivity contribution in [3.8, 4) is 0 Å². The van der Waals surface area contributed by atoms with Crippen LogP contribution < -0.4 is 10.6 Å². The van der Waals surface area contributed by atoms with E-state index in [2.05, 4.69) is 15.6 Å². The highest BCUT2D eigenvalue weighted by Crippen LogP contribution is 2.22. The van der Waals surface area contributed by atoms with Crippen molar-refractivity contribution >= 4 is 28.3 Å². The number of nitrogens with zero attached hydrogens (tertiary/aromatic N) is 2. The molecule has 0 atom stereocenters. The lowest BCUT2D eigenvalue weighted by Crippen LogP contribution is -2.49. The number of nitrogens with one attached hydrogen (secondary N) is 2. The zero-order valence-electron chi connectivity index (χ0n) is 11.5. The number of hydrogen-bond acceptors (Lipinski definition) is 4. The molecule has 0 bridgehead atoms. The van der Waals surface area contributed by atoms with E-state index in [9.17, 15) is 9.59 Å². The molecule has 0 saturated carbocycles. The first-order valence-corrected chi connectivity index (χ1v) is 6.89. The number of aromatic nitrogens is 1. The normalized spacial score (nSPS) is 15.0. The number of fused-ring (bicyclic) bond motifs is 1. The van der Waals surface area contributed by atoms with E-state index in [1.807, 2.05) is 18.2 Å². The van der Waals surface area contributed by atoms with Crippen molar-refractivity contribution in [3.63, 3.8) is 0 Å². The summed E-state index contributed by atoms with van der Waals surface area (Å²) in [5.74, 6) is -1.08. The Labute approximate surface area is 122 Å². The summed E-state index contributed by atoms with van der Waals surface area (Å²) in [6.07, 6.45) is 3.39. The van der Waals surface area contributed by atoms with Gasteiger partial charge in [-0.05, 0) is 12.1 Å². The third-order valence-corrected chi connectivity index (χ3v) is 3.53. The Balaban J connectivity index is 1.78. The van der Waals surface area contributed by atoms with Crippen LogP contribution in [0.2, 0.25) is 0 Å². The van der Waals surface area contributed by atoms with Gasteiger partial charge < -0.3 is 15.5 Å². The molecule has 1 saturated heterocycles. The van der Waals surface area contributed by atoms with Crippen molar-refractivity contribution in [2.45, 2.75) is 0 Å². The van der Waals surface area contributed by atoms with E-state index in [0.29, 0.717) is 18.8 Å². The van der Waals surface area contributed by atoms with Crippen LogP contribution in [-0.2, 0) is 9.59 Å². The van der Waals surface area contributed by atoms with Crippen LogP contribution >= 0.6 is 0 Å². The van der Waals surface area contributed by atoms with Gasteiger partial charge in [0.05, 0.1) is 0 Å². The van der Waals surface area contributed by atoms with Crippen LogP contribution in [0.25, 0.3) is 10.8 Å². The first kappa shape index (κ1) is 13.5. The van der Waals surface area contributed by atoms with Gasteiger partial charge in [-0.15, -0.1) is 0 Å². The van der Waals surface area contributed by atoms with E-state index in [0.717, 1.165) is 23.9 Å². The molecule has 6 heteroatoms. The Hall–Kier alpha value is -2.47. The average Bonchev–Trinajstić information content (AvgIpc) is 2.55. The highest BCUT2D eigenvalue weighted by atomic mass is 16.2. The highest BCUT2D eigenvalue weighted by Gasteiger charge is 2.23. The molecule has 3 rings (SSSR count). The topological polar surface area (TPSA) is 74.3 Å². The Morgan fingerprint density at radius 2 is 2.00 bits per heavy atom. The average molecular weight is 284 g/mol. The molecule has 1 aliphatic rings. The Morgan fingerprint density at radius 1 is 1.19 bits per heavy atom. The first-order chi connectivity index (χ1) is 10.3. The van der Waals surface area contributed by atoms with Gasteiger partial charge in [-0.25, -0.2) is 0 Å². The number of carbonyl (C=O) groups excluding carboxylic acids is 2. The molecule has 0 spiro atoms. The van der Waals surface area contributed by atoms with Gasteiger partial charge in [0.2, 0.25) is 0 Å². The van der Waals surface area contributed by atoms with Crippen LogP contribution in [0.3, 0.4) is 0 Å². The number of pyridine rings is 1. The maximum Gasteiger partial charge on any atom is 0.313 e. The molecule has 2 heterocycles. The molecule has 2 N–H and O–H groups in total. The van der Waals surface area contributed by atoms with E-state index in [1.165, 1.54) is 0 Å². The van der Waals surface area contributed by atoms with Crippen LogP contribution in [0.15, 0.2) is 36.7 Å². The van der Waals surface area contributed by atoms with Crippen LogP contribution in [0.5, 0.6) is 0 Å². The summed E-state index contributed by atoms with van der Waals surface area (Å²) in [5, 5.41) is 7.64. The second-order valence-electron chi connectivity index (χ2n) is 4.90. The van der Waals surface area contributed by atoms with Crippen molar-refractivity contribution in [3.05, 3.63) is 36.7 Å². The Morgan fingerprint density at radius 3 is 2.81 bits per heavy atom. The van der Waals surface area contributed by atoms with Crippen LogP contribution in [0.4, 0.5) is 5.69 Å². The van der Waals surface area contributed by atoms with Gasteiger partial charge in [-0.3, -0.25) is 14.6 Å². The lowest BCUT2D eigenvalue weighted by molar-refractivity contribution is -0.143. The predicted molar refractivity (Wildman–Crippen MR) is 79.8 cm³/mol. The molecule has 0 aliphatic carbocycles. The summed E-state index contributed by atoms with van der Waals surface area (Å²) >= 11 is 0. The molecular weight excluding hydrogens is 268 g/mol. The van der Waals surface area contributed by atoms with Gasteiger partial charge in [-0.2, -0.15) is 0 Å². The molecule has 0 radical (unpaired) electrons. The van der Waals surface area contributed by atoms with Crippen LogP contribution in [0.1, 0.15) is 0 Å². The molecule has 1 fully saturated rings. The first-order valence-electron chi connectivity index (χ1n) is 6.89. The minimum atomic E-state index is -0.596. The van der Waals surface area contributed by atoms with Crippen LogP contribution in [-0.4, -0.2) is 47.9 Å². The molecule has 1 aliphatic heterocycles. The molecule has 21 heavy (non-hydrogen) atoms. The van der Waals surface area contributed by atoms with Crippen molar-refractivity contribution in [2.24, 2.45) is 0 Å².